The lowest BCUT2D eigenvalue weighted by Crippen LogP contribution is -2.27. The number of rotatable bonds is 7. The first-order valence-electron chi connectivity index (χ1n) is 9.12. The minimum absolute atomic E-state index is 0.0439. The van der Waals surface area contributed by atoms with E-state index in [-0.39, 0.29) is 5.57 Å². The van der Waals surface area contributed by atoms with E-state index < -0.39 is 5.91 Å². The van der Waals surface area contributed by atoms with Crippen molar-refractivity contribution in [2.45, 2.75) is 6.54 Å². The predicted octanol–water partition coefficient (Wildman–Crippen LogP) is 3.23. The van der Waals surface area contributed by atoms with Gasteiger partial charge in [0, 0.05) is 42.9 Å². The Morgan fingerprint density at radius 3 is 2.62 bits per heavy atom. The van der Waals surface area contributed by atoms with E-state index in [0.29, 0.717) is 25.3 Å². The Hall–Kier alpha value is -3.87. The van der Waals surface area contributed by atoms with Crippen LogP contribution in [0.3, 0.4) is 0 Å². The van der Waals surface area contributed by atoms with Gasteiger partial charge >= 0.3 is 0 Å². The second-order valence-corrected chi connectivity index (χ2v) is 6.46. The molecule has 0 atom stereocenters. The van der Waals surface area contributed by atoms with Crippen LogP contribution in [0.25, 0.3) is 17.0 Å². The number of carbonyl (C=O) groups excluding carboxylic acids is 1. The molecule has 6 nitrogen and oxygen atoms in total. The molecule has 29 heavy (non-hydrogen) atoms. The lowest BCUT2D eigenvalue weighted by Gasteiger charge is -2.05. The molecule has 0 fully saturated rings. The molecule has 0 bridgehead atoms. The van der Waals surface area contributed by atoms with Crippen LogP contribution in [-0.2, 0) is 16.1 Å². The summed E-state index contributed by atoms with van der Waals surface area (Å²) in [6.45, 7) is 1.34. The Kier molecular flexibility index (Phi) is 6.42. The number of ether oxygens (including phenoxy) is 1. The van der Waals surface area contributed by atoms with E-state index in [0.717, 1.165) is 22.0 Å². The van der Waals surface area contributed by atoms with Crippen LogP contribution in [0.2, 0.25) is 0 Å². The van der Waals surface area contributed by atoms with Crippen LogP contribution in [0.5, 0.6) is 0 Å². The molecule has 0 saturated carbocycles. The largest absolute Gasteiger partial charge is 0.383 e. The second-order valence-electron chi connectivity index (χ2n) is 6.46. The number of carbonyl (C=O) groups is 1. The van der Waals surface area contributed by atoms with Crippen molar-refractivity contribution >= 4 is 22.9 Å². The van der Waals surface area contributed by atoms with Crippen molar-refractivity contribution in [3.63, 3.8) is 0 Å². The summed E-state index contributed by atoms with van der Waals surface area (Å²) in [5, 5.41) is 22.0. The number of hydrogen-bond donors (Lipinski definition) is 1. The minimum Gasteiger partial charge on any atom is -0.383 e. The van der Waals surface area contributed by atoms with E-state index in [1.165, 1.54) is 0 Å². The van der Waals surface area contributed by atoms with Gasteiger partial charge in [0.1, 0.15) is 11.6 Å². The summed E-state index contributed by atoms with van der Waals surface area (Å²) in [7, 11) is 1.55. The van der Waals surface area contributed by atoms with Gasteiger partial charge in [-0.3, -0.25) is 4.79 Å². The standard InChI is InChI=1S/C23H20N4O2/c1-29-11-10-26-23(28)19(14-25)12-20-16-27(22-5-3-2-4-21(20)22)15-18-8-6-17(13-24)7-9-18/h2-9,12,16H,10-11,15H2,1H3,(H,26,28)/b19-12-. The van der Waals surface area contributed by atoms with Gasteiger partial charge in [0.15, 0.2) is 0 Å². The molecule has 0 spiro atoms. The van der Waals surface area contributed by atoms with Crippen molar-refractivity contribution in [1.82, 2.24) is 9.88 Å². The maximum Gasteiger partial charge on any atom is 0.262 e. The van der Waals surface area contributed by atoms with Gasteiger partial charge in [0.2, 0.25) is 0 Å². The zero-order valence-electron chi connectivity index (χ0n) is 16.1. The van der Waals surface area contributed by atoms with E-state index in [1.807, 2.05) is 48.7 Å². The molecule has 0 radical (unpaired) electrons. The lowest BCUT2D eigenvalue weighted by molar-refractivity contribution is -0.117. The molecule has 1 N–H and O–H groups in total. The third-order valence-corrected chi connectivity index (χ3v) is 4.51. The van der Waals surface area contributed by atoms with Gasteiger partial charge in [-0.15, -0.1) is 0 Å². The number of amides is 1. The number of benzene rings is 2. The number of nitrogens with zero attached hydrogens (tertiary/aromatic N) is 3. The maximum absolute atomic E-state index is 12.3. The zero-order chi connectivity index (χ0) is 20.6. The van der Waals surface area contributed by atoms with Crippen molar-refractivity contribution in [1.29, 1.82) is 10.5 Å². The van der Waals surface area contributed by atoms with Gasteiger partial charge in [0.25, 0.3) is 5.91 Å². The van der Waals surface area contributed by atoms with Gasteiger partial charge in [-0.2, -0.15) is 10.5 Å². The molecule has 0 saturated heterocycles. The summed E-state index contributed by atoms with van der Waals surface area (Å²) in [6, 6.07) is 19.4. The highest BCUT2D eigenvalue weighted by Crippen LogP contribution is 2.24. The van der Waals surface area contributed by atoms with E-state index in [4.69, 9.17) is 10.00 Å². The normalized spacial score (nSPS) is 11.1. The summed E-state index contributed by atoms with van der Waals surface area (Å²) in [6.07, 6.45) is 3.54. The molecule has 3 rings (SSSR count). The number of hydrogen-bond acceptors (Lipinski definition) is 4. The Bertz CT molecular complexity index is 1130. The molecule has 0 unspecified atom stereocenters. The fourth-order valence-electron chi connectivity index (χ4n) is 3.07. The van der Waals surface area contributed by atoms with Crippen LogP contribution in [0.4, 0.5) is 0 Å². The highest BCUT2D eigenvalue weighted by atomic mass is 16.5. The topological polar surface area (TPSA) is 90.8 Å². The van der Waals surface area contributed by atoms with Crippen molar-refractivity contribution in [2.24, 2.45) is 0 Å². The van der Waals surface area contributed by atoms with Crippen LogP contribution in [0, 0.1) is 22.7 Å². The molecule has 1 aromatic heterocycles. The SMILES string of the molecule is COCCNC(=O)/C(C#N)=C\c1cn(Cc2ccc(C#N)cc2)c2ccccc12. The number of methoxy groups -OCH3 is 1. The van der Waals surface area contributed by atoms with Crippen LogP contribution in [-0.4, -0.2) is 30.7 Å². The average Bonchev–Trinajstić information content (AvgIpc) is 3.10. The quantitative estimate of drug-likeness (QED) is 0.385. The first kappa shape index (κ1) is 19.9. The van der Waals surface area contributed by atoms with Gasteiger partial charge in [-0.1, -0.05) is 30.3 Å². The molecular formula is C23H20N4O2. The van der Waals surface area contributed by atoms with Crippen molar-refractivity contribution in [3.8, 4) is 12.1 Å². The van der Waals surface area contributed by atoms with Gasteiger partial charge in [0.05, 0.1) is 18.2 Å². The summed E-state index contributed by atoms with van der Waals surface area (Å²) < 4.78 is 6.99. The fourth-order valence-corrected chi connectivity index (χ4v) is 3.07. The molecule has 6 heteroatoms. The molecule has 0 aliphatic rings. The molecular weight excluding hydrogens is 364 g/mol. The van der Waals surface area contributed by atoms with Crippen LogP contribution >= 0.6 is 0 Å². The summed E-state index contributed by atoms with van der Waals surface area (Å²) in [5.41, 5.74) is 3.52. The van der Waals surface area contributed by atoms with Crippen LogP contribution in [0.15, 0.2) is 60.3 Å². The van der Waals surface area contributed by atoms with Crippen LogP contribution in [0.1, 0.15) is 16.7 Å². The highest BCUT2D eigenvalue weighted by molar-refractivity contribution is 6.04. The van der Waals surface area contributed by atoms with Crippen molar-refractivity contribution in [3.05, 3.63) is 77.0 Å². The van der Waals surface area contributed by atoms with E-state index in [2.05, 4.69) is 16.0 Å². The lowest BCUT2D eigenvalue weighted by atomic mass is 10.1. The van der Waals surface area contributed by atoms with E-state index in [1.54, 1.807) is 25.3 Å². The first-order valence-corrected chi connectivity index (χ1v) is 9.12. The smallest absolute Gasteiger partial charge is 0.262 e. The number of aromatic nitrogens is 1. The second kappa shape index (κ2) is 9.36. The monoisotopic (exact) mass is 384 g/mol. The predicted molar refractivity (Wildman–Crippen MR) is 111 cm³/mol. The van der Waals surface area contributed by atoms with Gasteiger partial charge in [-0.05, 0) is 29.8 Å². The molecule has 3 aromatic rings. The number of fused-ring (bicyclic) bond motifs is 1. The maximum atomic E-state index is 12.3. The zero-order valence-corrected chi connectivity index (χ0v) is 16.1. The molecule has 1 heterocycles. The van der Waals surface area contributed by atoms with E-state index >= 15 is 0 Å². The molecule has 1 amide bonds. The minimum atomic E-state index is -0.423. The molecule has 0 aliphatic carbocycles. The molecule has 0 aliphatic heterocycles. The Morgan fingerprint density at radius 2 is 1.93 bits per heavy atom. The number of nitriles is 2. The molecule has 144 valence electrons. The first-order chi connectivity index (χ1) is 14.2. The Morgan fingerprint density at radius 1 is 1.17 bits per heavy atom. The van der Waals surface area contributed by atoms with E-state index in [9.17, 15) is 10.1 Å². The third-order valence-electron chi connectivity index (χ3n) is 4.51. The number of nitrogens with one attached hydrogen (secondary N) is 1. The Balaban J connectivity index is 1.93. The summed E-state index contributed by atoms with van der Waals surface area (Å²) >= 11 is 0. The van der Waals surface area contributed by atoms with Crippen LogP contribution < -0.4 is 5.32 Å². The van der Waals surface area contributed by atoms with Gasteiger partial charge < -0.3 is 14.6 Å². The Labute approximate surface area is 169 Å². The molecule has 2 aromatic carbocycles. The number of para-hydroxylation sites is 1. The third kappa shape index (κ3) is 4.70. The van der Waals surface area contributed by atoms with Crippen molar-refractivity contribution < 1.29 is 9.53 Å². The average molecular weight is 384 g/mol. The highest BCUT2D eigenvalue weighted by Gasteiger charge is 2.12. The fraction of sp³-hybridized carbons (Fsp3) is 0.174. The summed E-state index contributed by atoms with van der Waals surface area (Å²) in [5.74, 6) is -0.423. The van der Waals surface area contributed by atoms with Gasteiger partial charge in [-0.25, -0.2) is 0 Å². The van der Waals surface area contributed by atoms with Crippen molar-refractivity contribution in [2.75, 3.05) is 20.3 Å². The summed E-state index contributed by atoms with van der Waals surface area (Å²) in [4.78, 5) is 12.3.